The summed E-state index contributed by atoms with van der Waals surface area (Å²) in [6, 6.07) is 6.24. The number of rotatable bonds is 10. The maximum atomic E-state index is 13.6. The number of fused-ring (bicyclic) bond motifs is 1. The lowest BCUT2D eigenvalue weighted by molar-refractivity contribution is -0.155. The Bertz CT molecular complexity index is 868. The third kappa shape index (κ3) is 5.21. The third-order valence-electron chi connectivity index (χ3n) is 6.58. The van der Waals surface area contributed by atoms with Gasteiger partial charge in [-0.3, -0.25) is 14.4 Å². The number of aliphatic hydroxyl groups is 1. The Kier molecular flexibility index (Phi) is 8.49. The van der Waals surface area contributed by atoms with Crippen molar-refractivity contribution >= 4 is 23.5 Å². The van der Waals surface area contributed by atoms with E-state index in [1.807, 2.05) is 19.1 Å². The van der Waals surface area contributed by atoms with Crippen molar-refractivity contribution in [3.8, 4) is 5.75 Å². The summed E-state index contributed by atoms with van der Waals surface area (Å²) in [5, 5.41) is 12.1. The summed E-state index contributed by atoms with van der Waals surface area (Å²) in [5.74, 6) is -2.01. The van der Waals surface area contributed by atoms with Gasteiger partial charge in [-0.1, -0.05) is 19.1 Å². The van der Waals surface area contributed by atoms with Crippen LogP contribution in [0.15, 0.2) is 36.4 Å². The van der Waals surface area contributed by atoms with Gasteiger partial charge in [-0.25, -0.2) is 0 Å². The van der Waals surface area contributed by atoms with Crippen LogP contribution in [0.4, 0.5) is 5.69 Å². The van der Waals surface area contributed by atoms with Crippen molar-refractivity contribution in [1.29, 1.82) is 0 Å². The Hall–Kier alpha value is -2.87. The van der Waals surface area contributed by atoms with E-state index in [0.717, 1.165) is 0 Å². The number of anilines is 1. The van der Waals surface area contributed by atoms with Crippen LogP contribution in [-0.2, 0) is 19.1 Å². The van der Waals surface area contributed by atoms with Gasteiger partial charge in [-0.05, 0) is 56.4 Å². The summed E-state index contributed by atoms with van der Waals surface area (Å²) in [5.41, 5.74) is 0.597. The van der Waals surface area contributed by atoms with Crippen LogP contribution in [-0.4, -0.2) is 60.7 Å². The molecule has 1 aromatic rings. The first-order valence-corrected chi connectivity index (χ1v) is 11.7. The number of nitrogens with zero attached hydrogens (tertiary/aromatic N) is 1. The maximum Gasteiger partial charge on any atom is 0.310 e. The number of nitrogens with one attached hydrogen (secondary N) is 1. The molecule has 0 radical (unpaired) electrons. The standard InChI is InChI=1S/C25H34N2O6/c1-4-16-8-13-19-21(20(16)25(31)33-5-2)24(30)27(14-6-7-15-28)22(19)23(29)26-17-9-11-18(32-3)12-10-17/h8-13,16,19-22,28H,4-7,14-15H2,1-3H3,(H,26,29)/t16-,19+,20-,21+,22+/m1/s1. The molecule has 1 aliphatic heterocycles. The molecule has 8 nitrogen and oxygen atoms in total. The summed E-state index contributed by atoms with van der Waals surface area (Å²) in [7, 11) is 1.57. The molecule has 0 saturated carbocycles. The summed E-state index contributed by atoms with van der Waals surface area (Å²) in [4.78, 5) is 41.5. The first-order chi connectivity index (χ1) is 16.0. The van der Waals surface area contributed by atoms with Gasteiger partial charge in [0.15, 0.2) is 0 Å². The minimum atomic E-state index is -0.741. The van der Waals surface area contributed by atoms with Crippen molar-refractivity contribution in [3.63, 3.8) is 0 Å². The van der Waals surface area contributed by atoms with Gasteiger partial charge in [-0.2, -0.15) is 0 Å². The second-order valence-electron chi connectivity index (χ2n) is 8.46. The molecule has 1 aromatic carbocycles. The molecule has 1 fully saturated rings. The molecule has 0 aromatic heterocycles. The minimum absolute atomic E-state index is 0.0147. The van der Waals surface area contributed by atoms with Crippen LogP contribution in [0.1, 0.15) is 33.1 Å². The number of aliphatic hydroxyl groups excluding tert-OH is 1. The lowest BCUT2D eigenvalue weighted by Crippen LogP contribution is -2.44. The largest absolute Gasteiger partial charge is 0.497 e. The van der Waals surface area contributed by atoms with E-state index in [1.54, 1.807) is 43.2 Å². The summed E-state index contributed by atoms with van der Waals surface area (Å²) in [6.45, 7) is 4.32. The number of allylic oxidation sites excluding steroid dienone is 1. The van der Waals surface area contributed by atoms with Crippen molar-refractivity contribution in [2.75, 3.05) is 32.2 Å². The minimum Gasteiger partial charge on any atom is -0.497 e. The molecule has 3 rings (SSSR count). The number of methoxy groups -OCH3 is 1. The van der Waals surface area contributed by atoms with Gasteiger partial charge in [0.2, 0.25) is 11.8 Å². The molecule has 1 saturated heterocycles. The zero-order valence-electron chi connectivity index (χ0n) is 19.5. The Balaban J connectivity index is 1.92. The molecule has 1 aliphatic carbocycles. The predicted molar refractivity (Wildman–Crippen MR) is 123 cm³/mol. The molecule has 0 bridgehead atoms. The Labute approximate surface area is 194 Å². The van der Waals surface area contributed by atoms with Gasteiger partial charge in [0, 0.05) is 24.8 Å². The van der Waals surface area contributed by atoms with E-state index in [-0.39, 0.29) is 36.9 Å². The zero-order valence-corrected chi connectivity index (χ0v) is 19.5. The van der Waals surface area contributed by atoms with E-state index in [0.29, 0.717) is 37.2 Å². The summed E-state index contributed by atoms with van der Waals surface area (Å²) >= 11 is 0. The number of benzene rings is 1. The van der Waals surface area contributed by atoms with Crippen molar-refractivity contribution in [3.05, 3.63) is 36.4 Å². The lowest BCUT2D eigenvalue weighted by atomic mass is 9.69. The third-order valence-corrected chi connectivity index (χ3v) is 6.58. The molecule has 5 atom stereocenters. The highest BCUT2D eigenvalue weighted by atomic mass is 16.5. The van der Waals surface area contributed by atoms with Crippen molar-refractivity contribution < 1.29 is 29.0 Å². The average molecular weight is 459 g/mol. The monoisotopic (exact) mass is 458 g/mol. The topological polar surface area (TPSA) is 105 Å². The van der Waals surface area contributed by atoms with Crippen LogP contribution in [0.2, 0.25) is 0 Å². The van der Waals surface area contributed by atoms with Gasteiger partial charge in [-0.15, -0.1) is 0 Å². The normalized spacial score (nSPS) is 26.1. The molecule has 180 valence electrons. The SMILES string of the molecule is CCOC(=O)[C@H]1[C@H]2C(=O)N(CCCCO)[C@H](C(=O)Nc3ccc(OC)cc3)[C@H]2C=C[C@H]1CC. The van der Waals surface area contributed by atoms with Crippen LogP contribution in [0.5, 0.6) is 5.75 Å². The van der Waals surface area contributed by atoms with E-state index in [4.69, 9.17) is 9.47 Å². The van der Waals surface area contributed by atoms with Crippen LogP contribution < -0.4 is 10.1 Å². The zero-order chi connectivity index (χ0) is 24.0. The van der Waals surface area contributed by atoms with Gasteiger partial charge < -0.3 is 24.8 Å². The van der Waals surface area contributed by atoms with Crippen molar-refractivity contribution in [1.82, 2.24) is 4.90 Å². The number of ether oxygens (including phenoxy) is 2. The molecule has 2 amide bonds. The lowest BCUT2D eigenvalue weighted by Gasteiger charge is -2.33. The van der Waals surface area contributed by atoms with E-state index in [9.17, 15) is 19.5 Å². The molecule has 2 N–H and O–H groups in total. The molecule has 0 unspecified atom stereocenters. The fourth-order valence-electron chi connectivity index (χ4n) is 4.97. The van der Waals surface area contributed by atoms with Gasteiger partial charge in [0.05, 0.1) is 25.6 Å². The van der Waals surface area contributed by atoms with Gasteiger partial charge >= 0.3 is 5.97 Å². The fourth-order valence-corrected chi connectivity index (χ4v) is 4.97. The molecule has 1 heterocycles. The van der Waals surface area contributed by atoms with Crippen LogP contribution in [0.3, 0.4) is 0 Å². The summed E-state index contributed by atoms with van der Waals surface area (Å²) < 4.78 is 10.5. The molecular weight excluding hydrogens is 424 g/mol. The van der Waals surface area contributed by atoms with E-state index >= 15 is 0 Å². The smallest absolute Gasteiger partial charge is 0.310 e. The number of carbonyl (C=O) groups is 3. The molecular formula is C25H34N2O6. The molecule has 8 heteroatoms. The number of hydrogen-bond donors (Lipinski definition) is 2. The van der Waals surface area contributed by atoms with Gasteiger partial charge in [0.1, 0.15) is 11.8 Å². The van der Waals surface area contributed by atoms with Crippen LogP contribution in [0, 0.1) is 23.7 Å². The highest BCUT2D eigenvalue weighted by molar-refractivity contribution is 6.01. The highest BCUT2D eigenvalue weighted by Gasteiger charge is 2.57. The fraction of sp³-hybridized carbons (Fsp3) is 0.560. The van der Waals surface area contributed by atoms with E-state index in [1.165, 1.54) is 0 Å². The Morgan fingerprint density at radius 2 is 1.85 bits per heavy atom. The quantitative estimate of drug-likeness (QED) is 0.317. The van der Waals surface area contributed by atoms with Gasteiger partial charge in [0.25, 0.3) is 0 Å². The number of unbranched alkanes of at least 4 members (excludes halogenated alkanes) is 1. The first kappa shape index (κ1) is 24.8. The number of amides is 2. The Morgan fingerprint density at radius 3 is 2.45 bits per heavy atom. The number of hydrogen-bond acceptors (Lipinski definition) is 6. The average Bonchev–Trinajstić information content (AvgIpc) is 3.10. The van der Waals surface area contributed by atoms with Crippen molar-refractivity contribution in [2.24, 2.45) is 23.7 Å². The number of esters is 1. The van der Waals surface area contributed by atoms with Crippen molar-refractivity contribution in [2.45, 2.75) is 39.2 Å². The highest BCUT2D eigenvalue weighted by Crippen LogP contribution is 2.45. The second-order valence-corrected chi connectivity index (χ2v) is 8.46. The maximum absolute atomic E-state index is 13.6. The Morgan fingerprint density at radius 1 is 1.12 bits per heavy atom. The van der Waals surface area contributed by atoms with E-state index in [2.05, 4.69) is 5.32 Å². The molecule has 2 aliphatic rings. The molecule has 33 heavy (non-hydrogen) atoms. The van der Waals surface area contributed by atoms with E-state index < -0.39 is 23.8 Å². The first-order valence-electron chi connectivity index (χ1n) is 11.7. The summed E-state index contributed by atoms with van der Waals surface area (Å²) in [6.07, 6.45) is 5.68. The number of carbonyl (C=O) groups excluding carboxylic acids is 3. The second kappa shape index (κ2) is 11.3. The number of likely N-dealkylation sites (tertiary alicyclic amines) is 1. The predicted octanol–water partition coefficient (Wildman–Crippen LogP) is 2.62. The molecule has 0 spiro atoms. The van der Waals surface area contributed by atoms with Crippen LogP contribution in [0.25, 0.3) is 0 Å². The van der Waals surface area contributed by atoms with Crippen LogP contribution >= 0.6 is 0 Å².